The van der Waals surface area contributed by atoms with Crippen molar-refractivity contribution < 1.29 is 9.59 Å². The van der Waals surface area contributed by atoms with E-state index in [2.05, 4.69) is 5.32 Å². The minimum atomic E-state index is -0.194. The summed E-state index contributed by atoms with van der Waals surface area (Å²) in [5.74, 6) is -0.116. The zero-order valence-corrected chi connectivity index (χ0v) is 19.8. The van der Waals surface area contributed by atoms with Gasteiger partial charge in [0.05, 0.1) is 11.3 Å². The second-order valence-corrected chi connectivity index (χ2v) is 8.92. The van der Waals surface area contributed by atoms with Crippen molar-refractivity contribution in [1.29, 1.82) is 0 Å². The first-order valence-corrected chi connectivity index (χ1v) is 12.0. The molecule has 1 fully saturated rings. The Hall–Kier alpha value is -4.19. The van der Waals surface area contributed by atoms with E-state index in [0.717, 1.165) is 48.3 Å². The fourth-order valence-electron chi connectivity index (χ4n) is 4.40. The number of rotatable bonds is 6. The van der Waals surface area contributed by atoms with Gasteiger partial charge in [-0.25, -0.2) is 4.68 Å². The van der Waals surface area contributed by atoms with E-state index in [1.165, 1.54) is 0 Å². The van der Waals surface area contributed by atoms with Crippen molar-refractivity contribution in [2.45, 2.75) is 26.3 Å². The largest absolute Gasteiger partial charge is 0.348 e. The molecule has 1 saturated heterocycles. The van der Waals surface area contributed by atoms with Gasteiger partial charge in [0, 0.05) is 37.0 Å². The molecule has 1 aromatic heterocycles. The molecule has 2 heterocycles. The van der Waals surface area contributed by atoms with Crippen LogP contribution in [-0.2, 0) is 6.54 Å². The van der Waals surface area contributed by atoms with Crippen LogP contribution in [0.15, 0.2) is 85.1 Å². The number of likely N-dealkylation sites (tertiary alicyclic amines) is 1. The zero-order valence-electron chi connectivity index (χ0n) is 19.8. The average Bonchev–Trinajstić information content (AvgIpc) is 3.59. The van der Waals surface area contributed by atoms with Gasteiger partial charge in [-0.1, -0.05) is 54.1 Å². The summed E-state index contributed by atoms with van der Waals surface area (Å²) in [6.07, 6.45) is 3.92. The summed E-state index contributed by atoms with van der Waals surface area (Å²) in [6.45, 7) is 4.05. The van der Waals surface area contributed by atoms with Crippen LogP contribution in [0, 0.1) is 6.92 Å². The lowest BCUT2D eigenvalue weighted by Crippen LogP contribution is -2.27. The number of benzene rings is 3. The third-order valence-corrected chi connectivity index (χ3v) is 6.32. The summed E-state index contributed by atoms with van der Waals surface area (Å²) in [5.41, 5.74) is 5.67. The van der Waals surface area contributed by atoms with Gasteiger partial charge in [-0.05, 0) is 55.7 Å². The molecule has 176 valence electrons. The molecule has 6 nitrogen and oxygen atoms in total. The van der Waals surface area contributed by atoms with Gasteiger partial charge in [-0.3, -0.25) is 9.59 Å². The first-order valence-electron chi connectivity index (χ1n) is 12.0. The minimum Gasteiger partial charge on any atom is -0.348 e. The third-order valence-electron chi connectivity index (χ3n) is 6.32. The SMILES string of the molecule is Cc1cccc(-c2nn(-c3ccccc3)cc2C(=O)NCc2ccc(C(=O)N3CCCC3)cc2)c1. The number of carbonyl (C=O) groups excluding carboxylic acids is 2. The van der Waals surface area contributed by atoms with Gasteiger partial charge in [-0.15, -0.1) is 0 Å². The standard InChI is InChI=1S/C29H28N4O2/c1-21-8-7-9-24(18-21)27-26(20-33(31-27)25-10-3-2-4-11-25)28(34)30-19-22-12-14-23(15-13-22)29(35)32-16-5-6-17-32/h2-4,7-15,18,20H,5-6,16-17,19H2,1H3,(H,30,34). The molecule has 0 atom stereocenters. The Labute approximate surface area is 205 Å². The Morgan fingerprint density at radius 1 is 0.914 bits per heavy atom. The predicted octanol–water partition coefficient (Wildman–Crippen LogP) is 5.01. The second-order valence-electron chi connectivity index (χ2n) is 8.92. The molecular weight excluding hydrogens is 436 g/mol. The molecule has 0 radical (unpaired) electrons. The van der Waals surface area contributed by atoms with Crippen LogP contribution >= 0.6 is 0 Å². The van der Waals surface area contributed by atoms with Crippen LogP contribution in [-0.4, -0.2) is 39.6 Å². The highest BCUT2D eigenvalue weighted by Gasteiger charge is 2.20. The summed E-state index contributed by atoms with van der Waals surface area (Å²) >= 11 is 0. The molecule has 4 aromatic rings. The highest BCUT2D eigenvalue weighted by atomic mass is 16.2. The fourth-order valence-corrected chi connectivity index (χ4v) is 4.40. The predicted molar refractivity (Wildman–Crippen MR) is 136 cm³/mol. The average molecular weight is 465 g/mol. The van der Waals surface area contributed by atoms with E-state index < -0.39 is 0 Å². The van der Waals surface area contributed by atoms with Gasteiger partial charge in [0.2, 0.25) is 0 Å². The van der Waals surface area contributed by atoms with Gasteiger partial charge in [0.15, 0.2) is 0 Å². The molecule has 0 aliphatic carbocycles. The topological polar surface area (TPSA) is 67.2 Å². The van der Waals surface area contributed by atoms with Crippen molar-refractivity contribution in [3.05, 3.63) is 107 Å². The van der Waals surface area contributed by atoms with Crippen LogP contribution in [0.5, 0.6) is 0 Å². The number of para-hydroxylation sites is 1. The van der Waals surface area contributed by atoms with E-state index in [4.69, 9.17) is 5.10 Å². The minimum absolute atomic E-state index is 0.0780. The molecule has 1 N–H and O–H groups in total. The molecule has 0 saturated carbocycles. The Kier molecular flexibility index (Phi) is 6.44. The highest BCUT2D eigenvalue weighted by Crippen LogP contribution is 2.25. The number of aryl methyl sites for hydroxylation is 1. The summed E-state index contributed by atoms with van der Waals surface area (Å²) in [4.78, 5) is 27.7. The highest BCUT2D eigenvalue weighted by molar-refractivity contribution is 6.00. The number of hydrogen-bond acceptors (Lipinski definition) is 3. The van der Waals surface area contributed by atoms with Gasteiger partial charge in [0.1, 0.15) is 5.69 Å². The molecular formula is C29H28N4O2. The zero-order chi connectivity index (χ0) is 24.2. The van der Waals surface area contributed by atoms with Crippen LogP contribution in [0.4, 0.5) is 0 Å². The molecule has 1 aliphatic heterocycles. The quantitative estimate of drug-likeness (QED) is 0.436. The monoisotopic (exact) mass is 464 g/mol. The molecule has 0 unspecified atom stereocenters. The first-order chi connectivity index (χ1) is 17.1. The van der Waals surface area contributed by atoms with Crippen molar-refractivity contribution in [1.82, 2.24) is 20.0 Å². The lowest BCUT2D eigenvalue weighted by Gasteiger charge is -2.15. The van der Waals surface area contributed by atoms with Crippen LogP contribution in [0.25, 0.3) is 16.9 Å². The van der Waals surface area contributed by atoms with E-state index in [9.17, 15) is 9.59 Å². The van der Waals surface area contributed by atoms with Crippen LogP contribution in [0.1, 0.15) is 44.7 Å². The van der Waals surface area contributed by atoms with E-state index in [-0.39, 0.29) is 11.8 Å². The fraction of sp³-hybridized carbons (Fsp3) is 0.207. The normalized spacial score (nSPS) is 13.1. The lowest BCUT2D eigenvalue weighted by atomic mass is 10.1. The Morgan fingerprint density at radius 2 is 1.66 bits per heavy atom. The molecule has 35 heavy (non-hydrogen) atoms. The number of nitrogens with zero attached hydrogens (tertiary/aromatic N) is 3. The van der Waals surface area contributed by atoms with Crippen molar-refractivity contribution in [2.75, 3.05) is 13.1 Å². The van der Waals surface area contributed by atoms with Crippen molar-refractivity contribution in [2.24, 2.45) is 0 Å². The Morgan fingerprint density at radius 3 is 2.37 bits per heavy atom. The first kappa shape index (κ1) is 22.6. The van der Waals surface area contributed by atoms with Gasteiger partial charge >= 0.3 is 0 Å². The number of aromatic nitrogens is 2. The van der Waals surface area contributed by atoms with E-state index in [1.807, 2.05) is 90.7 Å². The molecule has 6 heteroatoms. The van der Waals surface area contributed by atoms with E-state index >= 15 is 0 Å². The van der Waals surface area contributed by atoms with E-state index in [0.29, 0.717) is 23.4 Å². The number of amides is 2. The van der Waals surface area contributed by atoms with Crippen LogP contribution < -0.4 is 5.32 Å². The van der Waals surface area contributed by atoms with Gasteiger partial charge in [0.25, 0.3) is 11.8 Å². The van der Waals surface area contributed by atoms with Gasteiger partial charge < -0.3 is 10.2 Å². The summed E-state index contributed by atoms with van der Waals surface area (Å²) < 4.78 is 1.74. The molecule has 2 amide bonds. The second kappa shape index (κ2) is 9.97. The maximum absolute atomic E-state index is 13.3. The number of nitrogens with one attached hydrogen (secondary N) is 1. The molecule has 3 aromatic carbocycles. The smallest absolute Gasteiger partial charge is 0.255 e. The third kappa shape index (κ3) is 5.01. The number of carbonyl (C=O) groups is 2. The summed E-state index contributed by atoms with van der Waals surface area (Å²) in [5, 5.41) is 7.77. The summed E-state index contributed by atoms with van der Waals surface area (Å²) in [7, 11) is 0. The Bertz CT molecular complexity index is 1340. The summed E-state index contributed by atoms with van der Waals surface area (Å²) in [6, 6.07) is 25.2. The van der Waals surface area contributed by atoms with Crippen LogP contribution in [0.2, 0.25) is 0 Å². The molecule has 0 bridgehead atoms. The lowest BCUT2D eigenvalue weighted by molar-refractivity contribution is 0.0792. The maximum Gasteiger partial charge on any atom is 0.255 e. The molecule has 0 spiro atoms. The van der Waals surface area contributed by atoms with E-state index in [1.54, 1.807) is 10.9 Å². The molecule has 5 rings (SSSR count). The van der Waals surface area contributed by atoms with Gasteiger partial charge in [-0.2, -0.15) is 5.10 Å². The maximum atomic E-state index is 13.3. The van der Waals surface area contributed by atoms with Crippen molar-refractivity contribution >= 4 is 11.8 Å². The Balaban J connectivity index is 1.35. The molecule has 1 aliphatic rings. The number of hydrogen-bond donors (Lipinski definition) is 1. The van der Waals surface area contributed by atoms with Crippen molar-refractivity contribution in [3.63, 3.8) is 0 Å². The van der Waals surface area contributed by atoms with Crippen molar-refractivity contribution in [3.8, 4) is 16.9 Å². The van der Waals surface area contributed by atoms with Crippen LogP contribution in [0.3, 0.4) is 0 Å².